The second-order valence-corrected chi connectivity index (χ2v) is 4.10. The van der Waals surface area contributed by atoms with Crippen molar-refractivity contribution in [2.24, 2.45) is 0 Å². The molecular formula is C12H15N5O3. The number of anilines is 2. The molecule has 1 atom stereocenters. The van der Waals surface area contributed by atoms with Crippen molar-refractivity contribution >= 4 is 17.8 Å². The largest absolute Gasteiger partial charge is 0.463 e. The molecule has 0 aromatic carbocycles. The number of carbonyl (C=O) groups excluding carboxylic acids is 1. The third-order valence-corrected chi connectivity index (χ3v) is 2.21. The van der Waals surface area contributed by atoms with Crippen LogP contribution in [-0.2, 0) is 4.79 Å². The van der Waals surface area contributed by atoms with Gasteiger partial charge in [-0.3, -0.25) is 10.1 Å². The van der Waals surface area contributed by atoms with Crippen LogP contribution < -0.4 is 15.4 Å². The topological polar surface area (TPSA) is 102 Å². The summed E-state index contributed by atoms with van der Waals surface area (Å²) < 4.78 is 10.5. The monoisotopic (exact) mass is 277 g/mol. The zero-order valence-corrected chi connectivity index (χ0v) is 11.2. The number of amides is 1. The number of hydrogen-bond acceptors (Lipinski definition) is 7. The van der Waals surface area contributed by atoms with Crippen molar-refractivity contribution in [2.75, 3.05) is 17.2 Å². The highest BCUT2D eigenvalue weighted by molar-refractivity contribution is 5.86. The number of hydrogen-bond donors (Lipinski definition) is 2. The van der Waals surface area contributed by atoms with Crippen molar-refractivity contribution in [1.29, 1.82) is 0 Å². The molecule has 0 saturated heterocycles. The minimum Gasteiger partial charge on any atom is -0.463 e. The molecule has 0 saturated carbocycles. The first-order valence-electron chi connectivity index (χ1n) is 6.03. The summed E-state index contributed by atoms with van der Waals surface area (Å²) in [6.07, 6.45) is 2.86. The molecule has 0 aliphatic rings. The maximum absolute atomic E-state index is 10.9. The van der Waals surface area contributed by atoms with Gasteiger partial charge >= 0.3 is 0 Å². The lowest BCUT2D eigenvalue weighted by Gasteiger charge is -2.13. The third kappa shape index (κ3) is 4.23. The smallest absolute Gasteiger partial charge is 0.284 e. The Morgan fingerprint density at radius 3 is 2.95 bits per heavy atom. The van der Waals surface area contributed by atoms with Crippen LogP contribution in [0, 0.1) is 0 Å². The van der Waals surface area contributed by atoms with Crippen LogP contribution in [0.4, 0.5) is 11.9 Å². The van der Waals surface area contributed by atoms with E-state index in [9.17, 15) is 4.79 Å². The molecular weight excluding hydrogens is 262 g/mol. The average molecular weight is 277 g/mol. The molecule has 0 spiro atoms. The van der Waals surface area contributed by atoms with Crippen molar-refractivity contribution < 1.29 is 13.9 Å². The summed E-state index contributed by atoms with van der Waals surface area (Å²) in [5.41, 5.74) is 0. The fraction of sp³-hybridized carbons (Fsp3) is 0.333. The van der Waals surface area contributed by atoms with Crippen molar-refractivity contribution in [2.45, 2.75) is 19.9 Å². The minimum atomic E-state index is -0.239. The molecule has 0 aliphatic carbocycles. The Kier molecular flexibility index (Phi) is 4.48. The molecule has 0 radical (unpaired) electrons. The summed E-state index contributed by atoms with van der Waals surface area (Å²) >= 11 is 0. The highest BCUT2D eigenvalue weighted by Crippen LogP contribution is 2.11. The minimum absolute atomic E-state index is 0.0484. The molecule has 0 aliphatic heterocycles. The predicted molar refractivity (Wildman–Crippen MR) is 71.4 cm³/mol. The molecule has 20 heavy (non-hydrogen) atoms. The Hall–Kier alpha value is -2.64. The summed E-state index contributed by atoms with van der Waals surface area (Å²) in [4.78, 5) is 22.8. The van der Waals surface area contributed by atoms with Crippen LogP contribution in [0.2, 0.25) is 0 Å². The van der Waals surface area contributed by atoms with Gasteiger partial charge in [-0.2, -0.15) is 4.98 Å². The van der Waals surface area contributed by atoms with Gasteiger partial charge in [-0.05, 0) is 13.0 Å². The molecule has 2 N–H and O–H groups in total. The van der Waals surface area contributed by atoms with E-state index in [0.717, 1.165) is 0 Å². The summed E-state index contributed by atoms with van der Waals surface area (Å²) in [6.45, 7) is 3.68. The molecule has 1 unspecified atom stereocenters. The normalized spacial score (nSPS) is 11.7. The zero-order chi connectivity index (χ0) is 14.4. The molecule has 2 rings (SSSR count). The van der Waals surface area contributed by atoms with Gasteiger partial charge in [-0.25, -0.2) is 9.97 Å². The number of nitrogens with one attached hydrogen (secondary N) is 2. The van der Waals surface area contributed by atoms with Gasteiger partial charge in [0.15, 0.2) is 0 Å². The van der Waals surface area contributed by atoms with E-state index >= 15 is 0 Å². The van der Waals surface area contributed by atoms with Gasteiger partial charge in [-0.15, -0.1) is 0 Å². The van der Waals surface area contributed by atoms with Crippen LogP contribution in [0.1, 0.15) is 13.8 Å². The first-order chi connectivity index (χ1) is 9.63. The Morgan fingerprint density at radius 2 is 2.25 bits per heavy atom. The van der Waals surface area contributed by atoms with Crippen molar-refractivity contribution in [1.82, 2.24) is 15.0 Å². The number of nitrogens with zero attached hydrogens (tertiary/aromatic N) is 3. The number of furan rings is 1. The highest BCUT2D eigenvalue weighted by atomic mass is 16.6. The molecule has 2 heterocycles. The molecule has 0 fully saturated rings. The van der Waals surface area contributed by atoms with Gasteiger partial charge in [-0.1, -0.05) is 0 Å². The first-order valence-corrected chi connectivity index (χ1v) is 6.03. The molecule has 106 valence electrons. The standard InChI is InChI=1S/C12H15N5O3/c1-8(6-20-10-4-3-5-19-10)15-11-13-7-14-12(17-11)16-9(2)18/h3-5,7-8H,6H2,1-2H3,(H2,13,14,15,16,17,18). The van der Waals surface area contributed by atoms with Crippen LogP contribution in [0.25, 0.3) is 0 Å². The lowest BCUT2D eigenvalue weighted by atomic mass is 10.4. The molecule has 8 heteroatoms. The van der Waals surface area contributed by atoms with E-state index in [4.69, 9.17) is 9.15 Å². The third-order valence-electron chi connectivity index (χ3n) is 2.21. The van der Waals surface area contributed by atoms with Crippen LogP contribution in [0.5, 0.6) is 5.95 Å². The fourth-order valence-electron chi connectivity index (χ4n) is 1.40. The average Bonchev–Trinajstić information content (AvgIpc) is 2.89. The molecule has 8 nitrogen and oxygen atoms in total. The molecule has 2 aromatic heterocycles. The summed E-state index contributed by atoms with van der Waals surface area (Å²) in [7, 11) is 0. The van der Waals surface area contributed by atoms with Crippen LogP contribution in [0.3, 0.4) is 0 Å². The van der Waals surface area contributed by atoms with Crippen molar-refractivity contribution in [3.8, 4) is 5.95 Å². The predicted octanol–water partition coefficient (Wildman–Crippen LogP) is 1.30. The van der Waals surface area contributed by atoms with Crippen LogP contribution in [-0.4, -0.2) is 33.5 Å². The van der Waals surface area contributed by atoms with E-state index in [1.807, 2.05) is 6.92 Å². The maximum Gasteiger partial charge on any atom is 0.284 e. The maximum atomic E-state index is 10.9. The molecule has 0 bridgehead atoms. The number of aromatic nitrogens is 3. The van der Waals surface area contributed by atoms with E-state index in [0.29, 0.717) is 18.5 Å². The molecule has 2 aromatic rings. The number of ether oxygens (including phenoxy) is 1. The summed E-state index contributed by atoms with van der Waals surface area (Å²) in [5.74, 6) is 0.776. The second-order valence-electron chi connectivity index (χ2n) is 4.10. The zero-order valence-electron chi connectivity index (χ0n) is 11.2. The van der Waals surface area contributed by atoms with Crippen LogP contribution >= 0.6 is 0 Å². The van der Waals surface area contributed by atoms with Gasteiger partial charge in [0.25, 0.3) is 5.95 Å². The number of carbonyl (C=O) groups is 1. The van der Waals surface area contributed by atoms with Gasteiger partial charge in [0.1, 0.15) is 12.9 Å². The Bertz CT molecular complexity index is 558. The Labute approximate surface area is 115 Å². The SMILES string of the molecule is CC(=O)Nc1ncnc(NC(C)COc2ccco2)n1. The van der Waals surface area contributed by atoms with Crippen molar-refractivity contribution in [3.05, 3.63) is 24.7 Å². The Balaban J connectivity index is 1.87. The van der Waals surface area contributed by atoms with Gasteiger partial charge < -0.3 is 14.5 Å². The first kappa shape index (κ1) is 13.8. The second kappa shape index (κ2) is 6.50. The summed E-state index contributed by atoms with van der Waals surface area (Å²) in [6, 6.07) is 3.43. The number of rotatable bonds is 6. The lowest BCUT2D eigenvalue weighted by molar-refractivity contribution is -0.114. The summed E-state index contributed by atoms with van der Waals surface area (Å²) in [5, 5.41) is 5.52. The van der Waals surface area contributed by atoms with E-state index in [-0.39, 0.29) is 17.9 Å². The van der Waals surface area contributed by atoms with E-state index in [2.05, 4.69) is 25.6 Å². The van der Waals surface area contributed by atoms with E-state index < -0.39 is 0 Å². The lowest BCUT2D eigenvalue weighted by Crippen LogP contribution is -2.25. The van der Waals surface area contributed by atoms with E-state index in [1.165, 1.54) is 13.3 Å². The van der Waals surface area contributed by atoms with Gasteiger partial charge in [0.05, 0.1) is 12.3 Å². The molecule has 1 amide bonds. The Morgan fingerprint density at radius 1 is 1.45 bits per heavy atom. The van der Waals surface area contributed by atoms with Gasteiger partial charge in [0, 0.05) is 13.0 Å². The van der Waals surface area contributed by atoms with Crippen LogP contribution in [0.15, 0.2) is 29.1 Å². The quantitative estimate of drug-likeness (QED) is 0.820. The fourth-order valence-corrected chi connectivity index (χ4v) is 1.40. The highest BCUT2D eigenvalue weighted by Gasteiger charge is 2.08. The van der Waals surface area contributed by atoms with Gasteiger partial charge in [0.2, 0.25) is 17.8 Å². The van der Waals surface area contributed by atoms with Crippen molar-refractivity contribution in [3.63, 3.8) is 0 Å². The van der Waals surface area contributed by atoms with E-state index in [1.54, 1.807) is 18.4 Å².